The fourth-order valence-electron chi connectivity index (χ4n) is 3.37. The number of carbonyl (C=O) groups is 3. The summed E-state index contributed by atoms with van der Waals surface area (Å²) >= 11 is 1.42. The molecule has 0 saturated heterocycles. The lowest BCUT2D eigenvalue weighted by Crippen LogP contribution is -2.47. The highest BCUT2D eigenvalue weighted by atomic mass is 32.1. The van der Waals surface area contributed by atoms with Crippen molar-refractivity contribution in [1.29, 1.82) is 0 Å². The molecule has 4 rings (SSSR count). The average molecular weight is 433 g/mol. The van der Waals surface area contributed by atoms with E-state index < -0.39 is 23.6 Å². The van der Waals surface area contributed by atoms with Crippen molar-refractivity contribution < 1.29 is 14.4 Å². The van der Waals surface area contributed by atoms with Gasteiger partial charge in [0, 0.05) is 22.9 Å². The van der Waals surface area contributed by atoms with E-state index in [-0.39, 0.29) is 6.42 Å². The zero-order chi connectivity index (χ0) is 22.0. The number of rotatable bonds is 7. The van der Waals surface area contributed by atoms with Gasteiger partial charge >= 0.3 is 0 Å². The van der Waals surface area contributed by atoms with Gasteiger partial charge in [0.05, 0.1) is 11.1 Å². The number of ketones is 1. The summed E-state index contributed by atoms with van der Waals surface area (Å²) < 4.78 is 1.67. The first-order chi connectivity index (χ1) is 14.9. The Bertz CT molecular complexity index is 1240. The van der Waals surface area contributed by atoms with Crippen molar-refractivity contribution in [3.8, 4) is 5.00 Å². The molecule has 31 heavy (non-hydrogen) atoms. The Kier molecular flexibility index (Phi) is 5.64. The van der Waals surface area contributed by atoms with Gasteiger partial charge < -0.3 is 11.1 Å². The van der Waals surface area contributed by atoms with E-state index in [0.29, 0.717) is 10.6 Å². The molecule has 0 spiro atoms. The van der Waals surface area contributed by atoms with Crippen LogP contribution >= 0.6 is 11.3 Å². The van der Waals surface area contributed by atoms with Crippen molar-refractivity contribution in [2.75, 3.05) is 0 Å². The van der Waals surface area contributed by atoms with E-state index in [0.717, 1.165) is 21.3 Å². The normalized spacial score (nSPS) is 11.9. The van der Waals surface area contributed by atoms with Gasteiger partial charge in [0.15, 0.2) is 0 Å². The minimum absolute atomic E-state index is 0.165. The number of nitrogens with zero attached hydrogens (tertiary/aromatic N) is 2. The lowest BCUT2D eigenvalue weighted by molar-refractivity contribution is -0.137. The summed E-state index contributed by atoms with van der Waals surface area (Å²) in [5.41, 5.74) is 7.22. The number of aryl methyl sites for hydroxylation is 1. The van der Waals surface area contributed by atoms with Gasteiger partial charge in [-0.15, -0.1) is 11.3 Å². The Labute approximate surface area is 182 Å². The maximum atomic E-state index is 13.1. The average Bonchev–Trinajstić information content (AvgIpc) is 3.36. The molecule has 3 N–H and O–H groups in total. The molecule has 0 aliphatic heterocycles. The minimum atomic E-state index is -1.08. The number of hydrogen-bond acceptors (Lipinski definition) is 5. The maximum Gasteiger partial charge on any atom is 0.287 e. The lowest BCUT2D eigenvalue weighted by atomic mass is 10.0. The van der Waals surface area contributed by atoms with Crippen LogP contribution in [0.2, 0.25) is 0 Å². The number of nitrogens with two attached hydrogens (primary N) is 1. The molecule has 2 aromatic heterocycles. The van der Waals surface area contributed by atoms with Crippen molar-refractivity contribution in [1.82, 2.24) is 15.1 Å². The second-order valence-electron chi connectivity index (χ2n) is 7.15. The molecule has 0 radical (unpaired) electrons. The number of Topliss-reactive ketones (excluding diaryl/α,β-unsaturated/α-hetero) is 1. The molecule has 0 saturated carbocycles. The Morgan fingerprint density at radius 1 is 1.10 bits per heavy atom. The van der Waals surface area contributed by atoms with Crippen LogP contribution in [0.4, 0.5) is 0 Å². The third kappa shape index (κ3) is 4.39. The number of thiophene rings is 1. The molecule has 0 aliphatic carbocycles. The predicted molar refractivity (Wildman–Crippen MR) is 119 cm³/mol. The number of aromatic nitrogens is 2. The van der Waals surface area contributed by atoms with Crippen LogP contribution in [0.5, 0.6) is 0 Å². The van der Waals surface area contributed by atoms with Crippen LogP contribution in [0.25, 0.3) is 15.9 Å². The highest BCUT2D eigenvalue weighted by molar-refractivity contribution is 7.14. The van der Waals surface area contributed by atoms with Gasteiger partial charge in [0.1, 0.15) is 11.0 Å². The fraction of sp³-hybridized carbons (Fsp3) is 0.130. The SMILES string of the molecule is Cc1cc(C(=O)NC(Cc2ccccc2)C(=O)C(N)=O)c(-n2cc3ccccc3n2)s1. The van der Waals surface area contributed by atoms with Gasteiger partial charge in [-0.05, 0) is 24.6 Å². The van der Waals surface area contributed by atoms with Crippen LogP contribution < -0.4 is 11.1 Å². The van der Waals surface area contributed by atoms with Crippen LogP contribution in [0.3, 0.4) is 0 Å². The van der Waals surface area contributed by atoms with E-state index in [1.165, 1.54) is 11.3 Å². The Morgan fingerprint density at radius 2 is 1.81 bits per heavy atom. The van der Waals surface area contributed by atoms with Crippen LogP contribution in [-0.2, 0) is 16.0 Å². The van der Waals surface area contributed by atoms with Crippen LogP contribution in [0.15, 0.2) is 66.9 Å². The van der Waals surface area contributed by atoms with E-state index in [1.807, 2.05) is 67.7 Å². The van der Waals surface area contributed by atoms with E-state index in [2.05, 4.69) is 10.4 Å². The third-order valence-corrected chi connectivity index (χ3v) is 5.89. The van der Waals surface area contributed by atoms with Crippen molar-refractivity contribution in [3.63, 3.8) is 0 Å². The molecule has 0 fully saturated rings. The summed E-state index contributed by atoms with van der Waals surface area (Å²) in [5, 5.41) is 8.84. The highest BCUT2D eigenvalue weighted by Gasteiger charge is 2.27. The minimum Gasteiger partial charge on any atom is -0.363 e. The van der Waals surface area contributed by atoms with Crippen LogP contribution in [0.1, 0.15) is 20.8 Å². The summed E-state index contributed by atoms with van der Waals surface area (Å²) in [6.45, 7) is 1.89. The second kappa shape index (κ2) is 8.53. The summed E-state index contributed by atoms with van der Waals surface area (Å²) in [6.07, 6.45) is 2.02. The molecule has 4 aromatic rings. The first-order valence-electron chi connectivity index (χ1n) is 9.66. The number of fused-ring (bicyclic) bond motifs is 1. The standard InChI is InChI=1S/C23H20N4O3S/c1-14-11-17(23(31-14)27-13-16-9-5-6-10-18(16)26-27)22(30)25-19(20(28)21(24)29)12-15-7-3-2-4-8-15/h2-11,13,19H,12H2,1H3,(H2,24,29)(H,25,30). The molecule has 2 aromatic carbocycles. The predicted octanol–water partition coefficient (Wildman–Crippen LogP) is 2.79. The number of primary amides is 1. The quantitative estimate of drug-likeness (QED) is 0.438. The molecule has 1 unspecified atom stereocenters. The smallest absolute Gasteiger partial charge is 0.287 e. The van der Waals surface area contributed by atoms with E-state index in [9.17, 15) is 14.4 Å². The van der Waals surface area contributed by atoms with E-state index >= 15 is 0 Å². The molecule has 7 nitrogen and oxygen atoms in total. The van der Waals surface area contributed by atoms with E-state index in [4.69, 9.17) is 5.73 Å². The lowest BCUT2D eigenvalue weighted by Gasteiger charge is -2.16. The molecule has 0 bridgehead atoms. The van der Waals surface area contributed by atoms with Gasteiger partial charge in [-0.25, -0.2) is 4.68 Å². The van der Waals surface area contributed by atoms with Gasteiger partial charge in [0.25, 0.3) is 11.8 Å². The topological polar surface area (TPSA) is 107 Å². The molecule has 2 amide bonds. The van der Waals surface area contributed by atoms with Crippen LogP contribution in [-0.4, -0.2) is 33.4 Å². The maximum absolute atomic E-state index is 13.1. The van der Waals surface area contributed by atoms with Crippen molar-refractivity contribution in [2.24, 2.45) is 5.73 Å². The molecular weight excluding hydrogens is 412 g/mol. The van der Waals surface area contributed by atoms with Crippen molar-refractivity contribution in [3.05, 3.63) is 82.9 Å². The van der Waals surface area contributed by atoms with Crippen molar-refractivity contribution >= 4 is 39.8 Å². The first kappa shape index (κ1) is 20.5. The summed E-state index contributed by atoms with van der Waals surface area (Å²) in [4.78, 5) is 38.0. The molecule has 0 aliphatic rings. The number of amides is 2. The monoisotopic (exact) mass is 432 g/mol. The van der Waals surface area contributed by atoms with E-state index in [1.54, 1.807) is 10.7 Å². The molecule has 1 atom stereocenters. The van der Waals surface area contributed by atoms with Crippen molar-refractivity contribution in [2.45, 2.75) is 19.4 Å². The largest absolute Gasteiger partial charge is 0.363 e. The summed E-state index contributed by atoms with van der Waals surface area (Å²) in [7, 11) is 0. The van der Waals surface area contributed by atoms with Gasteiger partial charge in [0.2, 0.25) is 5.78 Å². The number of benzene rings is 2. The zero-order valence-electron chi connectivity index (χ0n) is 16.7. The molecule has 2 heterocycles. The Balaban J connectivity index is 1.65. The molecule has 156 valence electrons. The summed E-state index contributed by atoms with van der Waals surface area (Å²) in [5.74, 6) is -2.38. The van der Waals surface area contributed by atoms with Gasteiger partial charge in [-0.1, -0.05) is 48.5 Å². The van der Waals surface area contributed by atoms with Gasteiger partial charge in [-0.2, -0.15) is 5.10 Å². The molecule has 8 heteroatoms. The first-order valence-corrected chi connectivity index (χ1v) is 10.5. The zero-order valence-corrected chi connectivity index (χ0v) is 17.6. The number of carbonyl (C=O) groups excluding carboxylic acids is 3. The highest BCUT2D eigenvalue weighted by Crippen LogP contribution is 2.27. The Morgan fingerprint density at radius 3 is 2.52 bits per heavy atom. The Hall–Kier alpha value is -3.78. The fourth-order valence-corrected chi connectivity index (χ4v) is 4.30. The molecular formula is C23H20N4O3S. The number of hydrogen-bond donors (Lipinski definition) is 2. The third-order valence-electron chi connectivity index (χ3n) is 4.85. The van der Waals surface area contributed by atoms with Crippen LogP contribution in [0, 0.1) is 6.92 Å². The van der Waals surface area contributed by atoms with Gasteiger partial charge in [-0.3, -0.25) is 14.4 Å². The number of nitrogens with one attached hydrogen (secondary N) is 1. The summed E-state index contributed by atoms with van der Waals surface area (Å²) in [6, 6.07) is 17.5. The second-order valence-corrected chi connectivity index (χ2v) is 8.39.